The first kappa shape index (κ1) is 102. The van der Waals surface area contributed by atoms with Gasteiger partial charge in [-0.1, -0.05) is 258 Å². The van der Waals surface area contributed by atoms with E-state index in [1.807, 2.05) is 222 Å². The van der Waals surface area contributed by atoms with Crippen LogP contribution in [0.2, 0.25) is 0 Å². The number of H-pyrrole nitrogens is 1. The van der Waals surface area contributed by atoms with Crippen molar-refractivity contribution in [2.75, 3.05) is 11.9 Å². The molecule has 1 N–H and O–H groups in total. The molecular formula is C86H138N6O2S2. The summed E-state index contributed by atoms with van der Waals surface area (Å²) in [5, 5.41) is 5.12. The van der Waals surface area contributed by atoms with Crippen molar-refractivity contribution < 1.29 is 8.83 Å². The fourth-order valence-electron chi connectivity index (χ4n) is 8.97. The molecule has 0 radical (unpaired) electrons. The van der Waals surface area contributed by atoms with Crippen LogP contribution in [0.25, 0.3) is 64.3 Å². The highest BCUT2D eigenvalue weighted by atomic mass is 32.1. The minimum Gasteiger partial charge on any atom is -0.461 e. The van der Waals surface area contributed by atoms with E-state index in [1.54, 1.807) is 11.3 Å². The number of thiophene rings is 1. The van der Waals surface area contributed by atoms with Crippen molar-refractivity contribution >= 4 is 92.7 Å². The largest absolute Gasteiger partial charge is 0.461 e. The number of hydrogen-bond donors (Lipinski definition) is 1. The fraction of sp³-hybridized carbons (Fsp3) is 0.407. The van der Waals surface area contributed by atoms with Crippen LogP contribution in [0, 0.1) is 62.3 Å². The standard InChI is InChI=1S/C10H13N.C10H11N.C10H10O.C10H10S.C9H10N2.C8H7NO.C8H7NS.7C2H6.7CH4/c1-8-7-9-5-3-4-6-10(9)11(8)2;3*1-7-8(2)11-10-6-4-3-5-9(7)10;1-7-10-8-5-3-4-6-9(8)11(7)2;2*1-6-9-7-4-2-3-5-8(7)10-6;7*1-2;;;;;;;/h3-6,8H,7H2,1-2H3;3-6,11H,1-2H3;3*3-6H,1-2H3;2*2-5H,1H3;7*1-2H3;7*1H4. The van der Waals surface area contributed by atoms with E-state index < -0.39 is 0 Å². The Morgan fingerprint density at radius 1 is 0.417 bits per heavy atom. The van der Waals surface area contributed by atoms with E-state index in [0.29, 0.717) is 6.04 Å². The first-order valence-electron chi connectivity index (χ1n) is 32.4. The number of aromatic amines is 1. The van der Waals surface area contributed by atoms with E-state index in [-0.39, 0.29) is 52.0 Å². The highest BCUT2D eigenvalue weighted by Crippen LogP contribution is 2.31. The number of furan rings is 1. The van der Waals surface area contributed by atoms with Gasteiger partial charge in [0.15, 0.2) is 11.5 Å². The van der Waals surface area contributed by atoms with Crippen LogP contribution in [-0.4, -0.2) is 37.6 Å². The number of fused-ring (bicyclic) bond motifs is 7. The number of aryl methyl sites for hydroxylation is 10. The fourth-order valence-corrected chi connectivity index (χ4v) is 10.9. The van der Waals surface area contributed by atoms with E-state index >= 15 is 0 Å². The molecule has 13 aromatic rings. The van der Waals surface area contributed by atoms with Crippen LogP contribution in [0.4, 0.5) is 5.69 Å². The molecule has 1 aliphatic heterocycles. The van der Waals surface area contributed by atoms with Crippen molar-refractivity contribution in [1.29, 1.82) is 0 Å². The van der Waals surface area contributed by atoms with Gasteiger partial charge in [-0.2, -0.15) is 0 Å². The molecule has 0 bridgehead atoms. The summed E-state index contributed by atoms with van der Waals surface area (Å²) in [4.78, 5) is 20.0. The predicted molar refractivity (Wildman–Crippen MR) is 448 cm³/mol. The Hall–Kier alpha value is -7.79. The summed E-state index contributed by atoms with van der Waals surface area (Å²) in [7, 11) is 4.20. The SMILES string of the molecule is C.C.C.C.C.C.C.CC.CC.CC.CC.CC.CC.CC.CC1Cc2ccccc2N1C.Cc1[nH]c2ccccc2c1C.Cc1nc2ccccc2n1C.Cc1nc2ccccc2o1.Cc1nc2ccccc2s1.Cc1oc2ccccc2c1C.Cc1sc2ccccc2c1C. The molecule has 6 aromatic heterocycles. The van der Waals surface area contributed by atoms with Crippen molar-refractivity contribution in [2.24, 2.45) is 7.05 Å². The average Bonchev–Trinajstić information content (AvgIpc) is 2.59. The quantitative estimate of drug-likeness (QED) is 0.163. The molecule has 96 heavy (non-hydrogen) atoms. The van der Waals surface area contributed by atoms with Crippen LogP contribution in [0.3, 0.4) is 0 Å². The Kier molecular flexibility index (Phi) is 59.8. The van der Waals surface area contributed by atoms with Gasteiger partial charge in [0.2, 0.25) is 0 Å². The van der Waals surface area contributed by atoms with Crippen molar-refractivity contribution in [1.82, 2.24) is 24.5 Å². The van der Waals surface area contributed by atoms with E-state index in [1.165, 1.54) is 81.5 Å². The minimum absolute atomic E-state index is 0. The number of thiazole rings is 1. The number of hydrogen-bond acceptors (Lipinski definition) is 8. The predicted octanol–water partition coefficient (Wildman–Crippen LogP) is 29.7. The topological polar surface area (TPSA) is 88.9 Å². The Balaban J connectivity index is -0.000000184. The summed E-state index contributed by atoms with van der Waals surface area (Å²) in [5.41, 5.74) is 15.6. The number of nitrogens with one attached hydrogen (secondary N) is 1. The molecule has 7 aromatic carbocycles. The van der Waals surface area contributed by atoms with Crippen LogP contribution < -0.4 is 4.90 Å². The van der Waals surface area contributed by atoms with Crippen LogP contribution in [0.15, 0.2) is 179 Å². The number of benzene rings is 7. The summed E-state index contributed by atoms with van der Waals surface area (Å²) < 4.78 is 15.5. The third-order valence-electron chi connectivity index (χ3n) is 13.7. The lowest BCUT2D eigenvalue weighted by molar-refractivity contribution is 0.561. The molecule has 1 unspecified atom stereocenters. The molecular weight excluding hydrogens is 1210 g/mol. The molecule has 0 aliphatic carbocycles. The van der Waals surface area contributed by atoms with Gasteiger partial charge in [-0.25, -0.2) is 15.0 Å². The molecule has 0 amide bonds. The van der Waals surface area contributed by atoms with Crippen LogP contribution in [0.1, 0.15) is 211 Å². The Morgan fingerprint density at radius 3 is 1.40 bits per heavy atom. The molecule has 10 heteroatoms. The second-order valence-electron chi connectivity index (χ2n) is 18.9. The van der Waals surface area contributed by atoms with E-state index in [0.717, 1.165) is 50.2 Å². The zero-order valence-corrected chi connectivity index (χ0v) is 61.0. The Labute approximate surface area is 597 Å². The lowest BCUT2D eigenvalue weighted by Gasteiger charge is -2.17. The Morgan fingerprint density at radius 2 is 0.875 bits per heavy atom. The van der Waals surface area contributed by atoms with Crippen molar-refractivity contribution in [2.45, 2.75) is 231 Å². The molecule has 0 fully saturated rings. The lowest BCUT2D eigenvalue weighted by atomic mass is 10.1. The van der Waals surface area contributed by atoms with E-state index in [4.69, 9.17) is 8.83 Å². The summed E-state index contributed by atoms with van der Waals surface area (Å²) in [6.07, 6.45) is 1.20. The van der Waals surface area contributed by atoms with Gasteiger partial charge in [0.1, 0.15) is 22.7 Å². The van der Waals surface area contributed by atoms with Gasteiger partial charge in [-0.3, -0.25) is 0 Å². The van der Waals surface area contributed by atoms with Gasteiger partial charge >= 0.3 is 0 Å². The van der Waals surface area contributed by atoms with Gasteiger partial charge in [0.05, 0.1) is 26.3 Å². The van der Waals surface area contributed by atoms with Crippen molar-refractivity contribution in [3.05, 3.63) is 225 Å². The number of rotatable bonds is 0. The molecule has 8 nitrogen and oxygen atoms in total. The van der Waals surface area contributed by atoms with Gasteiger partial charge in [0, 0.05) is 64.3 Å². The van der Waals surface area contributed by atoms with Crippen molar-refractivity contribution in [3.8, 4) is 0 Å². The summed E-state index contributed by atoms with van der Waals surface area (Å²) >= 11 is 3.62. The molecule has 0 saturated heterocycles. The monoisotopic (exact) mass is 1350 g/mol. The maximum absolute atomic E-state index is 5.50. The normalized spacial score (nSPS) is 10.1. The van der Waals surface area contributed by atoms with Crippen LogP contribution in [-0.2, 0) is 13.5 Å². The maximum Gasteiger partial charge on any atom is 0.192 e. The maximum atomic E-state index is 5.50. The summed E-state index contributed by atoms with van der Waals surface area (Å²) in [6, 6.07) is 58.4. The number of aromatic nitrogens is 5. The number of anilines is 1. The number of nitrogens with zero attached hydrogens (tertiary/aromatic N) is 5. The van der Waals surface area contributed by atoms with Crippen molar-refractivity contribution in [3.63, 3.8) is 0 Å². The molecule has 0 spiro atoms. The van der Waals surface area contributed by atoms with Gasteiger partial charge < -0.3 is 23.3 Å². The number of para-hydroxylation sites is 8. The third kappa shape index (κ3) is 29.7. The smallest absolute Gasteiger partial charge is 0.192 e. The molecule has 14 rings (SSSR count). The molecule has 1 atom stereocenters. The summed E-state index contributed by atoms with van der Waals surface area (Å²) in [6.45, 7) is 48.9. The van der Waals surface area contributed by atoms with Crippen LogP contribution in [0.5, 0.6) is 0 Å². The lowest BCUT2D eigenvalue weighted by Crippen LogP contribution is -2.23. The van der Waals surface area contributed by atoms with Gasteiger partial charge in [-0.05, 0) is 157 Å². The highest BCUT2D eigenvalue weighted by molar-refractivity contribution is 7.19. The van der Waals surface area contributed by atoms with E-state index in [2.05, 4.69) is 169 Å². The summed E-state index contributed by atoms with van der Waals surface area (Å²) in [5.74, 6) is 2.80. The number of oxazole rings is 1. The second-order valence-corrected chi connectivity index (χ2v) is 21.4. The molecule has 7 heterocycles. The number of likely N-dealkylation sites (N-methyl/N-ethyl adjacent to an activating group) is 1. The molecule has 1 aliphatic rings. The third-order valence-corrected chi connectivity index (χ3v) is 15.9. The zero-order valence-electron chi connectivity index (χ0n) is 59.3. The minimum atomic E-state index is 0. The highest BCUT2D eigenvalue weighted by Gasteiger charge is 2.21. The van der Waals surface area contributed by atoms with Gasteiger partial charge in [-0.15, -0.1) is 22.7 Å². The average molecular weight is 1350 g/mol. The number of imidazole rings is 1. The molecule has 536 valence electrons. The first-order valence-corrected chi connectivity index (χ1v) is 34.1. The first-order chi connectivity index (χ1) is 43.2. The van der Waals surface area contributed by atoms with Gasteiger partial charge in [0.25, 0.3) is 0 Å². The molecule has 0 saturated carbocycles. The second kappa shape index (κ2) is 56.4. The Bertz CT molecular complexity index is 3510. The zero-order chi connectivity index (χ0) is 67.2. The van der Waals surface area contributed by atoms with E-state index in [9.17, 15) is 0 Å². The van der Waals surface area contributed by atoms with Crippen LogP contribution >= 0.6 is 22.7 Å².